The summed E-state index contributed by atoms with van der Waals surface area (Å²) in [6, 6.07) is 6.67. The molecule has 0 nitrogen and oxygen atoms in total. The summed E-state index contributed by atoms with van der Waals surface area (Å²) < 4.78 is 0. The molecule has 120 valence electrons. The van der Waals surface area contributed by atoms with Crippen molar-refractivity contribution in [3.05, 3.63) is 29.3 Å². The molecule has 0 radical (unpaired) electrons. The van der Waals surface area contributed by atoms with E-state index < -0.39 is 0 Å². The van der Waals surface area contributed by atoms with Gasteiger partial charge in [-0.1, -0.05) is 90.8 Å². The normalized spacial score (nSPS) is 11.9. The van der Waals surface area contributed by atoms with Crippen LogP contribution in [0.1, 0.15) is 90.2 Å². The molecule has 0 unspecified atom stereocenters. The number of benzene rings is 1. The summed E-state index contributed by atoms with van der Waals surface area (Å²) in [5.74, 6) is 0. The molecule has 0 aliphatic heterocycles. The Kier molecular flexibility index (Phi) is 8.48. The number of unbranched alkanes of at least 4 members (excludes halogenated alkanes) is 6. The molecule has 21 heavy (non-hydrogen) atoms. The molecule has 0 heterocycles. The highest BCUT2D eigenvalue weighted by atomic mass is 32.1. The Balaban J connectivity index is 2.46. The van der Waals surface area contributed by atoms with E-state index in [0.717, 1.165) is 6.42 Å². The maximum Gasteiger partial charge on any atom is 0.0109 e. The van der Waals surface area contributed by atoms with Gasteiger partial charge in [-0.3, -0.25) is 0 Å². The lowest BCUT2D eigenvalue weighted by Gasteiger charge is -2.28. The fraction of sp³-hybridized carbons (Fsp3) is 0.700. The predicted molar refractivity (Wildman–Crippen MR) is 98.7 cm³/mol. The predicted octanol–water partition coefficient (Wildman–Crippen LogP) is 6.96. The van der Waals surface area contributed by atoms with E-state index in [2.05, 4.69) is 45.9 Å². The van der Waals surface area contributed by atoms with Gasteiger partial charge in [-0.25, -0.2) is 0 Å². The number of rotatable bonds is 10. The Labute approximate surface area is 138 Å². The largest absolute Gasteiger partial charge is 0.143 e. The summed E-state index contributed by atoms with van der Waals surface area (Å²) in [4.78, 5) is 1.22. The number of thiol groups is 1. The first kappa shape index (κ1) is 18.6. The van der Waals surface area contributed by atoms with E-state index in [9.17, 15) is 0 Å². The molecule has 0 fully saturated rings. The van der Waals surface area contributed by atoms with Crippen LogP contribution in [0.3, 0.4) is 0 Å². The Morgan fingerprint density at radius 2 is 1.52 bits per heavy atom. The Hall–Kier alpha value is -0.430. The third-order valence-corrected chi connectivity index (χ3v) is 5.16. The van der Waals surface area contributed by atoms with Gasteiger partial charge in [-0.15, -0.1) is 12.6 Å². The zero-order chi connectivity index (χ0) is 15.7. The van der Waals surface area contributed by atoms with Crippen LogP contribution >= 0.6 is 12.6 Å². The minimum atomic E-state index is 0.242. The molecule has 1 aromatic rings. The van der Waals surface area contributed by atoms with Crippen molar-refractivity contribution >= 4 is 12.6 Å². The highest BCUT2D eigenvalue weighted by molar-refractivity contribution is 7.80. The average Bonchev–Trinajstić information content (AvgIpc) is 2.46. The fourth-order valence-corrected chi connectivity index (χ4v) is 3.69. The van der Waals surface area contributed by atoms with E-state index in [1.165, 1.54) is 67.4 Å². The molecule has 0 saturated heterocycles. The average molecular weight is 307 g/mol. The van der Waals surface area contributed by atoms with Gasteiger partial charge in [0.05, 0.1) is 0 Å². The van der Waals surface area contributed by atoms with Crippen LogP contribution in [0.2, 0.25) is 0 Å². The SMILES string of the molecule is CCCCCCCCCC(C)(C)c1cccc(CC)c1S. The molecule has 1 rings (SSSR count). The first-order valence-corrected chi connectivity index (χ1v) is 9.29. The number of aryl methyl sites for hydroxylation is 1. The first-order valence-electron chi connectivity index (χ1n) is 8.84. The zero-order valence-electron chi connectivity index (χ0n) is 14.5. The second-order valence-electron chi connectivity index (χ2n) is 6.92. The van der Waals surface area contributed by atoms with Crippen LogP contribution in [0, 0.1) is 0 Å². The maximum absolute atomic E-state index is 4.79. The van der Waals surface area contributed by atoms with Crippen LogP contribution in [0.15, 0.2) is 23.1 Å². The van der Waals surface area contributed by atoms with Gasteiger partial charge in [-0.05, 0) is 29.4 Å². The van der Waals surface area contributed by atoms with E-state index >= 15 is 0 Å². The number of hydrogen-bond donors (Lipinski definition) is 1. The van der Waals surface area contributed by atoms with Crippen LogP contribution < -0.4 is 0 Å². The molecule has 0 amide bonds. The smallest absolute Gasteiger partial charge is 0.0109 e. The van der Waals surface area contributed by atoms with E-state index in [4.69, 9.17) is 12.6 Å². The summed E-state index contributed by atoms with van der Waals surface area (Å²) in [5, 5.41) is 0. The molecule has 0 aliphatic carbocycles. The van der Waals surface area contributed by atoms with Crippen molar-refractivity contribution < 1.29 is 0 Å². The lowest BCUT2D eigenvalue weighted by Crippen LogP contribution is -2.18. The van der Waals surface area contributed by atoms with Crippen molar-refractivity contribution in [2.45, 2.75) is 95.8 Å². The van der Waals surface area contributed by atoms with E-state index in [1.54, 1.807) is 0 Å². The topological polar surface area (TPSA) is 0 Å². The van der Waals surface area contributed by atoms with E-state index in [1.807, 2.05) is 0 Å². The van der Waals surface area contributed by atoms with E-state index in [0.29, 0.717) is 0 Å². The summed E-state index contributed by atoms with van der Waals surface area (Å²) >= 11 is 4.79. The molecule has 0 bridgehead atoms. The molecular weight excluding hydrogens is 272 g/mol. The maximum atomic E-state index is 4.79. The van der Waals surface area contributed by atoms with Gasteiger partial charge in [0.2, 0.25) is 0 Å². The van der Waals surface area contributed by atoms with Crippen LogP contribution in [-0.2, 0) is 11.8 Å². The molecule has 0 N–H and O–H groups in total. The highest BCUT2D eigenvalue weighted by Gasteiger charge is 2.23. The second kappa shape index (κ2) is 9.56. The third kappa shape index (κ3) is 6.06. The summed E-state index contributed by atoms with van der Waals surface area (Å²) in [6.45, 7) is 9.24. The quantitative estimate of drug-likeness (QED) is 0.350. The molecule has 0 atom stereocenters. The van der Waals surface area contributed by atoms with Crippen molar-refractivity contribution in [2.24, 2.45) is 0 Å². The summed E-state index contributed by atoms with van der Waals surface area (Å²) in [6.07, 6.45) is 12.0. The molecule has 0 saturated carbocycles. The molecule has 0 aliphatic rings. The van der Waals surface area contributed by atoms with Crippen LogP contribution in [0.25, 0.3) is 0 Å². The van der Waals surface area contributed by atoms with Gasteiger partial charge in [0.1, 0.15) is 0 Å². The van der Waals surface area contributed by atoms with Crippen LogP contribution in [-0.4, -0.2) is 0 Å². The van der Waals surface area contributed by atoms with Crippen LogP contribution in [0.4, 0.5) is 0 Å². The first-order chi connectivity index (χ1) is 10.0. The highest BCUT2D eigenvalue weighted by Crippen LogP contribution is 2.35. The second-order valence-corrected chi connectivity index (χ2v) is 7.37. The van der Waals surface area contributed by atoms with Gasteiger partial charge < -0.3 is 0 Å². The minimum absolute atomic E-state index is 0.242. The Morgan fingerprint density at radius 1 is 0.905 bits per heavy atom. The van der Waals surface area contributed by atoms with E-state index in [-0.39, 0.29) is 5.41 Å². The molecule has 0 spiro atoms. The van der Waals surface area contributed by atoms with Gasteiger partial charge in [0.15, 0.2) is 0 Å². The van der Waals surface area contributed by atoms with Crippen molar-refractivity contribution in [1.82, 2.24) is 0 Å². The number of hydrogen-bond acceptors (Lipinski definition) is 1. The molecule has 0 aromatic heterocycles. The van der Waals surface area contributed by atoms with Crippen molar-refractivity contribution in [2.75, 3.05) is 0 Å². The fourth-order valence-electron chi connectivity index (χ4n) is 3.08. The lowest BCUT2D eigenvalue weighted by molar-refractivity contribution is 0.435. The molecular formula is C20H34S. The molecule has 1 heteroatoms. The Bertz CT molecular complexity index is 406. The lowest BCUT2D eigenvalue weighted by atomic mass is 9.79. The zero-order valence-corrected chi connectivity index (χ0v) is 15.4. The third-order valence-electron chi connectivity index (χ3n) is 4.63. The summed E-state index contributed by atoms with van der Waals surface area (Å²) in [7, 11) is 0. The molecule has 1 aromatic carbocycles. The Morgan fingerprint density at radius 3 is 2.14 bits per heavy atom. The van der Waals surface area contributed by atoms with Gasteiger partial charge >= 0.3 is 0 Å². The van der Waals surface area contributed by atoms with Gasteiger partial charge in [-0.2, -0.15) is 0 Å². The van der Waals surface area contributed by atoms with Crippen molar-refractivity contribution in [1.29, 1.82) is 0 Å². The van der Waals surface area contributed by atoms with Crippen molar-refractivity contribution in [3.63, 3.8) is 0 Å². The standard InChI is InChI=1S/C20H34S/c1-5-7-8-9-10-11-12-16-20(3,4)18-15-13-14-17(6-2)19(18)21/h13-15,21H,5-12,16H2,1-4H3. The summed E-state index contributed by atoms with van der Waals surface area (Å²) in [5.41, 5.74) is 3.05. The van der Waals surface area contributed by atoms with Crippen molar-refractivity contribution in [3.8, 4) is 0 Å². The van der Waals surface area contributed by atoms with Gasteiger partial charge in [0, 0.05) is 4.90 Å². The minimum Gasteiger partial charge on any atom is -0.143 e. The monoisotopic (exact) mass is 306 g/mol. The van der Waals surface area contributed by atoms with Gasteiger partial charge in [0.25, 0.3) is 0 Å². The van der Waals surface area contributed by atoms with Crippen LogP contribution in [0.5, 0.6) is 0 Å².